The molecule has 6 heteroatoms. The molecule has 1 aromatic carbocycles. The van der Waals surface area contributed by atoms with Crippen LogP contribution in [0.4, 0.5) is 0 Å². The molecule has 0 saturated carbocycles. The third-order valence-corrected chi connectivity index (χ3v) is 3.66. The van der Waals surface area contributed by atoms with E-state index in [1.165, 1.54) is 0 Å². The summed E-state index contributed by atoms with van der Waals surface area (Å²) in [6.07, 6.45) is -0.276. The first-order valence-electron chi connectivity index (χ1n) is 6.09. The van der Waals surface area contributed by atoms with Gasteiger partial charge in [0.2, 0.25) is 0 Å². The standard InChI is InChI=1S/C13H16BrNO4/c14-9-1-3-11(4-2-9)19-6-5-15-8-10(16)7-12(15)13(17)18/h1-4,10,12,16H,5-8H2,(H,17,18). The van der Waals surface area contributed by atoms with E-state index in [0.717, 1.165) is 10.2 Å². The van der Waals surface area contributed by atoms with Gasteiger partial charge in [-0.2, -0.15) is 0 Å². The van der Waals surface area contributed by atoms with Gasteiger partial charge in [-0.1, -0.05) is 15.9 Å². The highest BCUT2D eigenvalue weighted by molar-refractivity contribution is 9.10. The normalized spacial score (nSPS) is 23.5. The molecule has 1 saturated heterocycles. The lowest BCUT2D eigenvalue weighted by Crippen LogP contribution is -2.38. The minimum Gasteiger partial charge on any atom is -0.492 e. The van der Waals surface area contributed by atoms with Crippen molar-refractivity contribution in [1.29, 1.82) is 0 Å². The third-order valence-electron chi connectivity index (χ3n) is 3.13. The molecule has 2 atom stereocenters. The lowest BCUT2D eigenvalue weighted by Gasteiger charge is -2.20. The number of rotatable bonds is 5. The van der Waals surface area contributed by atoms with Gasteiger partial charge in [0.1, 0.15) is 18.4 Å². The largest absolute Gasteiger partial charge is 0.492 e. The summed E-state index contributed by atoms with van der Waals surface area (Å²) >= 11 is 3.34. The van der Waals surface area contributed by atoms with Gasteiger partial charge < -0.3 is 14.9 Å². The molecule has 2 rings (SSSR count). The Morgan fingerprint density at radius 2 is 2.11 bits per heavy atom. The van der Waals surface area contributed by atoms with Crippen molar-refractivity contribution in [3.8, 4) is 5.75 Å². The van der Waals surface area contributed by atoms with Crippen molar-refractivity contribution >= 4 is 21.9 Å². The molecule has 0 aliphatic carbocycles. The SMILES string of the molecule is O=C(O)C1CC(O)CN1CCOc1ccc(Br)cc1. The van der Waals surface area contributed by atoms with Crippen molar-refractivity contribution < 1.29 is 19.7 Å². The molecule has 0 aromatic heterocycles. The average Bonchev–Trinajstić information content (AvgIpc) is 2.73. The van der Waals surface area contributed by atoms with E-state index in [1.807, 2.05) is 24.3 Å². The summed E-state index contributed by atoms with van der Waals surface area (Å²) in [7, 11) is 0. The fourth-order valence-electron chi connectivity index (χ4n) is 2.19. The Kier molecular flexibility index (Phi) is 4.79. The molecule has 1 heterocycles. The Bertz CT molecular complexity index is 437. The highest BCUT2D eigenvalue weighted by Crippen LogP contribution is 2.19. The lowest BCUT2D eigenvalue weighted by atomic mass is 10.2. The molecule has 1 aliphatic rings. The molecular weight excluding hydrogens is 314 g/mol. The molecule has 0 spiro atoms. The maximum atomic E-state index is 11.0. The average molecular weight is 330 g/mol. The van der Waals surface area contributed by atoms with Crippen molar-refractivity contribution in [1.82, 2.24) is 4.90 Å². The number of carboxylic acid groups (broad SMARTS) is 1. The number of carboxylic acids is 1. The highest BCUT2D eigenvalue weighted by atomic mass is 79.9. The molecule has 5 nitrogen and oxygen atoms in total. The van der Waals surface area contributed by atoms with E-state index < -0.39 is 18.1 Å². The summed E-state index contributed by atoms with van der Waals surface area (Å²) in [5.74, 6) is -0.144. The number of ether oxygens (including phenoxy) is 1. The van der Waals surface area contributed by atoms with Crippen LogP contribution in [0.3, 0.4) is 0 Å². The van der Waals surface area contributed by atoms with Crippen LogP contribution in [0.15, 0.2) is 28.7 Å². The maximum Gasteiger partial charge on any atom is 0.321 e. The van der Waals surface area contributed by atoms with E-state index in [9.17, 15) is 9.90 Å². The van der Waals surface area contributed by atoms with E-state index in [1.54, 1.807) is 4.90 Å². The van der Waals surface area contributed by atoms with E-state index >= 15 is 0 Å². The van der Waals surface area contributed by atoms with Crippen molar-refractivity contribution in [3.63, 3.8) is 0 Å². The van der Waals surface area contributed by atoms with Crippen molar-refractivity contribution in [2.24, 2.45) is 0 Å². The second kappa shape index (κ2) is 6.36. The summed E-state index contributed by atoms with van der Waals surface area (Å²) in [4.78, 5) is 12.8. The molecule has 19 heavy (non-hydrogen) atoms. The Labute approximate surface area is 119 Å². The first-order chi connectivity index (χ1) is 9.06. The van der Waals surface area contributed by atoms with Crippen LogP contribution in [0.1, 0.15) is 6.42 Å². The highest BCUT2D eigenvalue weighted by Gasteiger charge is 2.35. The number of carbonyl (C=O) groups is 1. The predicted octanol–water partition coefficient (Wildman–Crippen LogP) is 1.35. The van der Waals surface area contributed by atoms with Crippen LogP contribution in [-0.2, 0) is 4.79 Å². The predicted molar refractivity (Wildman–Crippen MR) is 73.3 cm³/mol. The smallest absolute Gasteiger partial charge is 0.321 e. The fraction of sp³-hybridized carbons (Fsp3) is 0.462. The zero-order valence-electron chi connectivity index (χ0n) is 10.3. The van der Waals surface area contributed by atoms with Crippen LogP contribution in [0.5, 0.6) is 5.75 Å². The number of halogens is 1. The minimum absolute atomic E-state index is 0.285. The van der Waals surface area contributed by atoms with Crippen molar-refractivity contribution in [2.75, 3.05) is 19.7 Å². The van der Waals surface area contributed by atoms with Crippen LogP contribution >= 0.6 is 15.9 Å². The van der Waals surface area contributed by atoms with Gasteiger partial charge in [-0.15, -0.1) is 0 Å². The lowest BCUT2D eigenvalue weighted by molar-refractivity contribution is -0.142. The number of benzene rings is 1. The van der Waals surface area contributed by atoms with E-state index in [0.29, 0.717) is 19.7 Å². The molecule has 0 radical (unpaired) electrons. The van der Waals surface area contributed by atoms with Crippen LogP contribution in [0.25, 0.3) is 0 Å². The first-order valence-corrected chi connectivity index (χ1v) is 6.89. The monoisotopic (exact) mass is 329 g/mol. The van der Waals surface area contributed by atoms with Gasteiger partial charge >= 0.3 is 5.97 Å². The van der Waals surface area contributed by atoms with E-state index in [2.05, 4.69) is 15.9 Å². The quantitative estimate of drug-likeness (QED) is 0.853. The van der Waals surface area contributed by atoms with E-state index in [-0.39, 0.29) is 6.42 Å². The summed E-state index contributed by atoms with van der Waals surface area (Å²) in [6.45, 7) is 1.28. The minimum atomic E-state index is -0.889. The number of nitrogens with zero attached hydrogens (tertiary/aromatic N) is 1. The molecule has 2 N–H and O–H groups in total. The Morgan fingerprint density at radius 3 is 2.74 bits per heavy atom. The number of aliphatic hydroxyl groups is 1. The topological polar surface area (TPSA) is 70.0 Å². The first kappa shape index (κ1) is 14.3. The fourth-order valence-corrected chi connectivity index (χ4v) is 2.46. The molecule has 1 fully saturated rings. The number of aliphatic carboxylic acids is 1. The van der Waals surface area contributed by atoms with Gasteiger partial charge in [0.05, 0.1) is 6.10 Å². The molecule has 2 unspecified atom stereocenters. The molecular formula is C13H16BrNO4. The van der Waals surface area contributed by atoms with Gasteiger partial charge in [0, 0.05) is 24.0 Å². The number of likely N-dealkylation sites (tertiary alicyclic amines) is 1. The number of aliphatic hydroxyl groups excluding tert-OH is 1. The molecule has 1 aromatic rings. The summed E-state index contributed by atoms with van der Waals surface area (Å²) in [5.41, 5.74) is 0. The Morgan fingerprint density at radius 1 is 1.42 bits per heavy atom. The van der Waals surface area contributed by atoms with Gasteiger partial charge in [-0.25, -0.2) is 0 Å². The molecule has 0 bridgehead atoms. The van der Waals surface area contributed by atoms with E-state index in [4.69, 9.17) is 9.84 Å². The van der Waals surface area contributed by atoms with Crippen LogP contribution < -0.4 is 4.74 Å². The zero-order valence-corrected chi connectivity index (χ0v) is 11.9. The Hall–Kier alpha value is -1.11. The number of hydrogen-bond acceptors (Lipinski definition) is 4. The molecule has 1 aliphatic heterocycles. The van der Waals surface area contributed by atoms with Crippen LogP contribution in [-0.4, -0.2) is 52.9 Å². The maximum absolute atomic E-state index is 11.0. The molecule has 0 amide bonds. The molecule has 104 valence electrons. The third kappa shape index (κ3) is 3.92. The van der Waals surface area contributed by atoms with Gasteiger partial charge in [0.15, 0.2) is 0 Å². The van der Waals surface area contributed by atoms with Crippen molar-refractivity contribution in [2.45, 2.75) is 18.6 Å². The number of hydrogen-bond donors (Lipinski definition) is 2. The van der Waals surface area contributed by atoms with Crippen LogP contribution in [0.2, 0.25) is 0 Å². The zero-order chi connectivity index (χ0) is 13.8. The van der Waals surface area contributed by atoms with Gasteiger partial charge in [-0.3, -0.25) is 9.69 Å². The van der Waals surface area contributed by atoms with Gasteiger partial charge in [0.25, 0.3) is 0 Å². The van der Waals surface area contributed by atoms with Crippen LogP contribution in [0, 0.1) is 0 Å². The number of β-amino-alcohol motifs (C(OH)–C–C–N with tert-alkyl or cyclic N) is 1. The van der Waals surface area contributed by atoms with Crippen molar-refractivity contribution in [3.05, 3.63) is 28.7 Å². The second-order valence-corrected chi connectivity index (χ2v) is 5.46. The summed E-state index contributed by atoms with van der Waals surface area (Å²) < 4.78 is 6.53. The second-order valence-electron chi connectivity index (χ2n) is 4.54. The Balaban J connectivity index is 1.81. The van der Waals surface area contributed by atoms with Gasteiger partial charge in [-0.05, 0) is 24.3 Å². The summed E-state index contributed by atoms with van der Waals surface area (Å²) in [6, 6.07) is 6.85. The summed E-state index contributed by atoms with van der Waals surface area (Å²) in [5, 5.41) is 18.6.